The van der Waals surface area contributed by atoms with Crippen LogP contribution in [-0.2, 0) is 25.2 Å². The van der Waals surface area contributed by atoms with E-state index in [1.165, 1.54) is 11.1 Å². The van der Waals surface area contributed by atoms with Crippen LogP contribution in [0.3, 0.4) is 0 Å². The third kappa shape index (κ3) is 5.67. The molecule has 35 heavy (non-hydrogen) atoms. The van der Waals surface area contributed by atoms with Crippen molar-refractivity contribution in [1.82, 2.24) is 14.8 Å². The molecular formula is C29H36N4O2. The fourth-order valence-corrected chi connectivity index (χ4v) is 4.97. The van der Waals surface area contributed by atoms with E-state index in [2.05, 4.69) is 46.4 Å². The Labute approximate surface area is 208 Å². The Morgan fingerprint density at radius 1 is 1.00 bits per heavy atom. The number of nitrogens with one attached hydrogen (secondary N) is 1. The Kier molecular flexibility index (Phi) is 6.78. The molecule has 0 bridgehead atoms. The van der Waals surface area contributed by atoms with Crippen molar-refractivity contribution in [2.45, 2.75) is 45.1 Å². The van der Waals surface area contributed by atoms with E-state index in [-0.39, 0.29) is 6.04 Å². The van der Waals surface area contributed by atoms with Crippen LogP contribution in [-0.4, -0.2) is 53.1 Å². The van der Waals surface area contributed by atoms with Crippen molar-refractivity contribution in [1.29, 1.82) is 0 Å². The number of anilines is 1. The van der Waals surface area contributed by atoms with Crippen molar-refractivity contribution >= 4 is 5.82 Å². The molecule has 6 nitrogen and oxygen atoms in total. The lowest BCUT2D eigenvalue weighted by molar-refractivity contribution is 0.0772. The topological polar surface area (TPSA) is 60.9 Å². The first kappa shape index (κ1) is 23.8. The first-order valence-electron chi connectivity index (χ1n) is 12.5. The summed E-state index contributed by atoms with van der Waals surface area (Å²) in [5.41, 5.74) is 4.62. The number of rotatable bonds is 7. The summed E-state index contributed by atoms with van der Waals surface area (Å²) < 4.78 is 6.02. The predicted octanol–water partition coefficient (Wildman–Crippen LogP) is 4.34. The second-order valence-corrected chi connectivity index (χ2v) is 10.4. The van der Waals surface area contributed by atoms with Crippen LogP contribution in [0, 0.1) is 0 Å². The average molecular weight is 473 g/mol. The van der Waals surface area contributed by atoms with E-state index in [4.69, 9.17) is 9.72 Å². The molecule has 0 amide bonds. The van der Waals surface area contributed by atoms with E-state index in [0.29, 0.717) is 12.5 Å². The molecule has 1 fully saturated rings. The maximum atomic E-state index is 10.9. The van der Waals surface area contributed by atoms with Gasteiger partial charge in [-0.1, -0.05) is 54.6 Å². The van der Waals surface area contributed by atoms with Gasteiger partial charge in [-0.15, -0.1) is 0 Å². The van der Waals surface area contributed by atoms with E-state index in [1.54, 1.807) is 0 Å². The number of pyridine rings is 1. The Morgan fingerprint density at radius 3 is 2.40 bits per heavy atom. The molecule has 0 saturated carbocycles. The highest BCUT2D eigenvalue weighted by molar-refractivity contribution is 5.59. The molecule has 1 unspecified atom stereocenters. The zero-order valence-corrected chi connectivity index (χ0v) is 21.0. The fraction of sp³-hybridized carbons (Fsp3) is 0.414. The molecule has 184 valence electrons. The van der Waals surface area contributed by atoms with E-state index < -0.39 is 5.60 Å². The van der Waals surface area contributed by atoms with Gasteiger partial charge in [-0.25, -0.2) is 0 Å². The van der Waals surface area contributed by atoms with E-state index in [0.717, 1.165) is 61.7 Å². The summed E-state index contributed by atoms with van der Waals surface area (Å²) in [6.45, 7) is 9.60. The molecular weight excluding hydrogens is 436 g/mol. The van der Waals surface area contributed by atoms with Crippen LogP contribution < -0.4 is 10.1 Å². The van der Waals surface area contributed by atoms with Gasteiger partial charge < -0.3 is 20.1 Å². The first-order valence-corrected chi connectivity index (χ1v) is 12.5. The summed E-state index contributed by atoms with van der Waals surface area (Å²) in [7, 11) is 2.19. The van der Waals surface area contributed by atoms with E-state index >= 15 is 0 Å². The highest BCUT2D eigenvalue weighted by Gasteiger charge is 2.32. The second kappa shape index (κ2) is 9.97. The van der Waals surface area contributed by atoms with Gasteiger partial charge in [-0.3, -0.25) is 4.90 Å². The quantitative estimate of drug-likeness (QED) is 0.533. The average Bonchev–Trinajstić information content (AvgIpc) is 3.28. The number of ether oxygens (including phenoxy) is 1. The van der Waals surface area contributed by atoms with E-state index in [9.17, 15) is 5.11 Å². The number of aliphatic hydroxyl groups is 1. The van der Waals surface area contributed by atoms with E-state index in [1.807, 2.05) is 50.2 Å². The number of aromatic nitrogens is 1. The van der Waals surface area contributed by atoms with Gasteiger partial charge >= 0.3 is 0 Å². The van der Waals surface area contributed by atoms with Crippen LogP contribution in [0.1, 0.15) is 47.7 Å². The van der Waals surface area contributed by atoms with Crippen molar-refractivity contribution in [3.8, 4) is 5.88 Å². The predicted molar refractivity (Wildman–Crippen MR) is 140 cm³/mol. The maximum Gasteiger partial charge on any atom is 0.215 e. The molecule has 5 rings (SSSR count). The minimum absolute atomic E-state index is 0.126. The van der Waals surface area contributed by atoms with Crippen LogP contribution in [0.5, 0.6) is 5.88 Å². The first-order chi connectivity index (χ1) is 16.8. The molecule has 2 N–H and O–H groups in total. The summed E-state index contributed by atoms with van der Waals surface area (Å²) in [5, 5.41) is 14.5. The Balaban J connectivity index is 1.30. The van der Waals surface area contributed by atoms with Crippen molar-refractivity contribution in [2.75, 3.05) is 38.5 Å². The summed E-state index contributed by atoms with van der Waals surface area (Å²) in [6.07, 6.45) is 0.790. The zero-order chi connectivity index (χ0) is 24.4. The van der Waals surface area contributed by atoms with Crippen molar-refractivity contribution in [2.24, 2.45) is 0 Å². The molecule has 1 saturated heterocycles. The van der Waals surface area contributed by atoms with Gasteiger partial charge in [-0.2, -0.15) is 4.98 Å². The lowest BCUT2D eigenvalue weighted by Gasteiger charge is -2.32. The number of hydrogen-bond acceptors (Lipinski definition) is 6. The molecule has 1 atom stereocenters. The molecule has 0 aliphatic carbocycles. The number of hydrogen-bond donors (Lipinski definition) is 2. The number of nitrogens with zero attached hydrogens (tertiary/aromatic N) is 3. The fourth-order valence-electron chi connectivity index (χ4n) is 4.97. The molecule has 3 aromatic rings. The minimum atomic E-state index is -0.985. The summed E-state index contributed by atoms with van der Waals surface area (Å²) in [4.78, 5) is 9.67. The zero-order valence-electron chi connectivity index (χ0n) is 21.0. The van der Waals surface area contributed by atoms with Crippen LogP contribution in [0.15, 0.2) is 60.7 Å². The van der Waals surface area contributed by atoms with Crippen molar-refractivity contribution in [3.63, 3.8) is 0 Å². The SMILES string of the molecule is CN1CCN(Cc2ccc(C3Cc4c(C(C)(C)O)cc(OCc5ccccc5)nc4N3)cc2)CC1. The van der Waals surface area contributed by atoms with Gasteiger partial charge in [0.05, 0.1) is 11.6 Å². The molecule has 6 heteroatoms. The lowest BCUT2D eigenvalue weighted by atomic mass is 9.91. The summed E-state index contributed by atoms with van der Waals surface area (Å²) in [6, 6.07) is 21.0. The number of piperazine rings is 1. The Bertz CT molecular complexity index is 1130. The lowest BCUT2D eigenvalue weighted by Crippen LogP contribution is -2.43. The number of benzene rings is 2. The molecule has 2 aromatic carbocycles. The van der Waals surface area contributed by atoms with Crippen LogP contribution >= 0.6 is 0 Å². The Morgan fingerprint density at radius 2 is 1.71 bits per heavy atom. The summed E-state index contributed by atoms with van der Waals surface area (Å²) in [5.74, 6) is 1.33. The minimum Gasteiger partial charge on any atom is -0.473 e. The van der Waals surface area contributed by atoms with Gasteiger partial charge in [0.15, 0.2) is 0 Å². The number of likely N-dealkylation sites (N-methyl/N-ethyl adjacent to an activating group) is 1. The Hall–Kier alpha value is -2.93. The summed E-state index contributed by atoms with van der Waals surface area (Å²) >= 11 is 0. The standard InChI is InChI=1S/C29H36N4O2/c1-29(2,34)25-18-27(35-20-22-7-5-4-6-8-22)31-28-24(25)17-26(30-28)23-11-9-21(10-12-23)19-33-15-13-32(3)14-16-33/h4-12,18,26,34H,13-17,19-20H2,1-3H3,(H,30,31). The molecule has 0 radical (unpaired) electrons. The van der Waals surface area contributed by atoms with Gasteiger partial charge in [0, 0.05) is 50.8 Å². The van der Waals surface area contributed by atoms with Crippen molar-refractivity contribution < 1.29 is 9.84 Å². The van der Waals surface area contributed by atoms with Crippen molar-refractivity contribution in [3.05, 3.63) is 88.5 Å². The van der Waals surface area contributed by atoms with Gasteiger partial charge in [0.25, 0.3) is 0 Å². The third-order valence-corrected chi connectivity index (χ3v) is 7.09. The molecule has 1 aromatic heterocycles. The van der Waals surface area contributed by atoms with Crippen LogP contribution in [0.2, 0.25) is 0 Å². The van der Waals surface area contributed by atoms with Crippen LogP contribution in [0.4, 0.5) is 5.82 Å². The molecule has 3 heterocycles. The smallest absolute Gasteiger partial charge is 0.215 e. The normalized spacial score (nSPS) is 18.8. The molecule has 2 aliphatic rings. The maximum absolute atomic E-state index is 10.9. The van der Waals surface area contributed by atoms with Crippen LogP contribution in [0.25, 0.3) is 0 Å². The largest absolute Gasteiger partial charge is 0.473 e. The van der Waals surface area contributed by atoms with Gasteiger partial charge in [0.1, 0.15) is 12.4 Å². The monoisotopic (exact) mass is 472 g/mol. The van der Waals surface area contributed by atoms with Gasteiger partial charge in [0.2, 0.25) is 5.88 Å². The third-order valence-electron chi connectivity index (χ3n) is 7.09. The molecule has 0 spiro atoms. The second-order valence-electron chi connectivity index (χ2n) is 10.4. The van der Waals surface area contributed by atoms with Gasteiger partial charge in [-0.05, 0) is 43.1 Å². The molecule has 2 aliphatic heterocycles. The highest BCUT2D eigenvalue weighted by atomic mass is 16.5. The number of fused-ring (bicyclic) bond motifs is 1. The highest BCUT2D eigenvalue weighted by Crippen LogP contribution is 2.40.